The normalized spacial score (nSPS) is 10.4. The average Bonchev–Trinajstić information content (AvgIpc) is 2.79. The highest BCUT2D eigenvalue weighted by Gasteiger charge is 2.14. The number of nitrogens with zero attached hydrogens (tertiary/aromatic N) is 3. The zero-order valence-corrected chi connectivity index (χ0v) is 13.1. The van der Waals surface area contributed by atoms with Gasteiger partial charge in [0, 0.05) is 29.0 Å². The summed E-state index contributed by atoms with van der Waals surface area (Å²) >= 11 is 3.36. The van der Waals surface area contributed by atoms with Gasteiger partial charge in [-0.15, -0.1) is 0 Å². The Labute approximate surface area is 125 Å². The third-order valence-electron chi connectivity index (χ3n) is 2.70. The summed E-state index contributed by atoms with van der Waals surface area (Å²) < 4.78 is 7.75. The second-order valence-corrected chi connectivity index (χ2v) is 5.07. The molecular weight excluding hydrogens is 324 g/mol. The van der Waals surface area contributed by atoms with Crippen LogP contribution in [0.15, 0.2) is 22.8 Å². The summed E-state index contributed by atoms with van der Waals surface area (Å²) in [5.74, 6) is 0.386. The number of aromatic nitrogens is 3. The Morgan fingerprint density at radius 3 is 2.85 bits per heavy atom. The molecule has 1 N–H and O–H groups in total. The van der Waals surface area contributed by atoms with Crippen LogP contribution in [0.4, 0.5) is 5.95 Å². The van der Waals surface area contributed by atoms with E-state index < -0.39 is 0 Å². The molecule has 20 heavy (non-hydrogen) atoms. The first-order valence-corrected chi connectivity index (χ1v) is 6.89. The first-order valence-electron chi connectivity index (χ1n) is 6.10. The Kier molecular flexibility index (Phi) is 4.39. The van der Waals surface area contributed by atoms with Gasteiger partial charge in [-0.25, -0.2) is 4.98 Å². The second-order valence-electron chi connectivity index (χ2n) is 4.16. The molecular formula is C13H15BrN4O2. The number of amides is 1. The quantitative estimate of drug-likeness (QED) is 0.930. The Hall–Kier alpha value is -1.89. The van der Waals surface area contributed by atoms with Crippen molar-refractivity contribution in [3.8, 4) is 5.88 Å². The van der Waals surface area contributed by atoms with Crippen molar-refractivity contribution in [2.75, 3.05) is 12.4 Å². The third kappa shape index (κ3) is 3.16. The Bertz CT molecular complexity index is 639. The van der Waals surface area contributed by atoms with Crippen LogP contribution in [-0.2, 0) is 6.54 Å². The lowest BCUT2D eigenvalue weighted by molar-refractivity contribution is 0.101. The molecule has 7 heteroatoms. The van der Waals surface area contributed by atoms with Gasteiger partial charge in [-0.2, -0.15) is 4.98 Å². The van der Waals surface area contributed by atoms with Gasteiger partial charge >= 0.3 is 0 Å². The predicted molar refractivity (Wildman–Crippen MR) is 79.1 cm³/mol. The predicted octanol–water partition coefficient (Wildman–Crippen LogP) is 2.63. The molecule has 2 heterocycles. The topological polar surface area (TPSA) is 69.0 Å². The monoisotopic (exact) mass is 338 g/mol. The second kappa shape index (κ2) is 6.04. The largest absolute Gasteiger partial charge is 0.481 e. The minimum atomic E-state index is -0.259. The average molecular weight is 339 g/mol. The smallest absolute Gasteiger partial charge is 0.274 e. The van der Waals surface area contributed by atoms with Gasteiger partial charge in [0.15, 0.2) is 0 Å². The Balaban J connectivity index is 2.25. The SMILES string of the molecule is CCn1cc(Br)cc1C(=O)Nc1nc(C)cc(OC)n1. The van der Waals surface area contributed by atoms with Gasteiger partial charge in [0.2, 0.25) is 11.8 Å². The maximum absolute atomic E-state index is 12.2. The minimum absolute atomic E-state index is 0.229. The van der Waals surface area contributed by atoms with Crippen molar-refractivity contribution in [3.05, 3.63) is 34.2 Å². The van der Waals surface area contributed by atoms with E-state index in [2.05, 4.69) is 31.2 Å². The summed E-state index contributed by atoms with van der Waals surface area (Å²) in [7, 11) is 1.52. The van der Waals surface area contributed by atoms with Gasteiger partial charge in [0.05, 0.1) is 7.11 Å². The van der Waals surface area contributed by atoms with Crippen LogP contribution in [0.3, 0.4) is 0 Å². The third-order valence-corrected chi connectivity index (χ3v) is 3.14. The van der Waals surface area contributed by atoms with E-state index in [0.717, 1.165) is 10.2 Å². The van der Waals surface area contributed by atoms with Crippen LogP contribution in [0.5, 0.6) is 5.88 Å². The number of nitrogens with one attached hydrogen (secondary N) is 1. The van der Waals surface area contributed by atoms with Crippen LogP contribution in [0.25, 0.3) is 0 Å². The molecule has 0 radical (unpaired) electrons. The van der Waals surface area contributed by atoms with E-state index in [9.17, 15) is 4.79 Å². The summed E-state index contributed by atoms with van der Waals surface area (Å²) in [5.41, 5.74) is 1.27. The number of carbonyl (C=O) groups is 1. The molecule has 0 aliphatic rings. The van der Waals surface area contributed by atoms with Crippen molar-refractivity contribution in [2.24, 2.45) is 0 Å². The molecule has 0 unspecified atom stereocenters. The zero-order chi connectivity index (χ0) is 14.7. The maximum Gasteiger partial charge on any atom is 0.274 e. The number of ether oxygens (including phenoxy) is 1. The fraction of sp³-hybridized carbons (Fsp3) is 0.308. The summed E-state index contributed by atoms with van der Waals surface area (Å²) in [6.07, 6.45) is 1.85. The molecule has 2 aromatic heterocycles. The summed E-state index contributed by atoms with van der Waals surface area (Å²) in [6.45, 7) is 4.48. The number of anilines is 1. The van der Waals surface area contributed by atoms with E-state index in [0.29, 0.717) is 18.1 Å². The molecule has 0 aromatic carbocycles. The molecule has 0 atom stereocenters. The zero-order valence-electron chi connectivity index (χ0n) is 11.5. The van der Waals surface area contributed by atoms with Gasteiger partial charge in [-0.3, -0.25) is 10.1 Å². The first-order chi connectivity index (χ1) is 9.53. The van der Waals surface area contributed by atoms with Gasteiger partial charge in [0.1, 0.15) is 5.69 Å². The summed E-state index contributed by atoms with van der Waals surface area (Å²) in [6, 6.07) is 3.45. The van der Waals surface area contributed by atoms with Crippen molar-refractivity contribution in [3.63, 3.8) is 0 Å². The number of methoxy groups -OCH3 is 1. The van der Waals surface area contributed by atoms with Crippen LogP contribution >= 0.6 is 15.9 Å². The van der Waals surface area contributed by atoms with Crippen LogP contribution in [0.2, 0.25) is 0 Å². The number of aryl methyl sites for hydroxylation is 2. The highest BCUT2D eigenvalue weighted by molar-refractivity contribution is 9.10. The lowest BCUT2D eigenvalue weighted by Crippen LogP contribution is -2.18. The molecule has 6 nitrogen and oxygen atoms in total. The van der Waals surface area contributed by atoms with E-state index in [-0.39, 0.29) is 11.9 Å². The number of hydrogen-bond acceptors (Lipinski definition) is 4. The fourth-order valence-corrected chi connectivity index (χ4v) is 2.26. The molecule has 0 spiro atoms. The molecule has 0 saturated heterocycles. The van der Waals surface area contributed by atoms with Crippen LogP contribution in [0, 0.1) is 6.92 Å². The van der Waals surface area contributed by atoms with E-state index >= 15 is 0 Å². The fourth-order valence-electron chi connectivity index (χ4n) is 1.79. The maximum atomic E-state index is 12.2. The van der Waals surface area contributed by atoms with Crippen LogP contribution in [-0.4, -0.2) is 27.6 Å². The highest BCUT2D eigenvalue weighted by atomic mass is 79.9. The van der Waals surface area contributed by atoms with Crippen molar-refractivity contribution in [1.29, 1.82) is 0 Å². The first kappa shape index (κ1) is 14.5. The van der Waals surface area contributed by atoms with Crippen molar-refractivity contribution >= 4 is 27.8 Å². The molecule has 0 bridgehead atoms. The molecule has 106 valence electrons. The van der Waals surface area contributed by atoms with E-state index in [4.69, 9.17) is 4.74 Å². The summed E-state index contributed by atoms with van der Waals surface area (Å²) in [4.78, 5) is 20.5. The van der Waals surface area contributed by atoms with Crippen molar-refractivity contribution in [1.82, 2.24) is 14.5 Å². The standard InChI is InChI=1S/C13H15BrN4O2/c1-4-18-7-9(14)6-10(18)12(19)17-13-15-8(2)5-11(16-13)20-3/h5-7H,4H2,1-3H3,(H,15,16,17,19). The molecule has 0 fully saturated rings. The Morgan fingerprint density at radius 2 is 2.20 bits per heavy atom. The molecule has 0 saturated carbocycles. The lowest BCUT2D eigenvalue weighted by Gasteiger charge is -2.08. The summed E-state index contributed by atoms with van der Waals surface area (Å²) in [5, 5.41) is 2.68. The van der Waals surface area contributed by atoms with E-state index in [1.165, 1.54) is 7.11 Å². The van der Waals surface area contributed by atoms with Crippen LogP contribution < -0.4 is 10.1 Å². The Morgan fingerprint density at radius 1 is 1.45 bits per heavy atom. The number of halogens is 1. The highest BCUT2D eigenvalue weighted by Crippen LogP contribution is 2.17. The van der Waals surface area contributed by atoms with Gasteiger partial charge in [-0.1, -0.05) is 0 Å². The number of rotatable bonds is 4. The molecule has 0 aliphatic heterocycles. The molecule has 1 amide bonds. The van der Waals surface area contributed by atoms with E-state index in [1.54, 1.807) is 12.1 Å². The molecule has 0 aliphatic carbocycles. The number of carbonyl (C=O) groups excluding carboxylic acids is 1. The van der Waals surface area contributed by atoms with Gasteiger partial charge in [-0.05, 0) is 35.8 Å². The number of hydrogen-bond donors (Lipinski definition) is 1. The van der Waals surface area contributed by atoms with Gasteiger partial charge in [0.25, 0.3) is 5.91 Å². The lowest BCUT2D eigenvalue weighted by atomic mass is 10.4. The minimum Gasteiger partial charge on any atom is -0.481 e. The van der Waals surface area contributed by atoms with Crippen LogP contribution in [0.1, 0.15) is 23.1 Å². The van der Waals surface area contributed by atoms with Crippen molar-refractivity contribution in [2.45, 2.75) is 20.4 Å². The molecule has 2 rings (SSSR count). The molecule has 2 aromatic rings. The van der Waals surface area contributed by atoms with Gasteiger partial charge < -0.3 is 9.30 Å². The van der Waals surface area contributed by atoms with E-state index in [1.807, 2.05) is 24.6 Å². The van der Waals surface area contributed by atoms with Crippen molar-refractivity contribution < 1.29 is 9.53 Å².